The second-order valence-electron chi connectivity index (χ2n) is 5.62. The van der Waals surface area contributed by atoms with Crippen molar-refractivity contribution >= 4 is 15.9 Å². The molecule has 0 atom stereocenters. The van der Waals surface area contributed by atoms with Crippen LogP contribution < -0.4 is 5.32 Å². The van der Waals surface area contributed by atoms with Crippen molar-refractivity contribution in [2.45, 2.75) is 18.8 Å². The van der Waals surface area contributed by atoms with Gasteiger partial charge in [0.05, 0.1) is 4.47 Å². The highest BCUT2D eigenvalue weighted by Crippen LogP contribution is 2.35. The minimum absolute atomic E-state index is 0.141. The zero-order chi connectivity index (χ0) is 14.2. The molecule has 1 saturated heterocycles. The molecule has 3 heteroatoms. The van der Waals surface area contributed by atoms with Crippen LogP contribution >= 0.6 is 15.9 Å². The van der Waals surface area contributed by atoms with Crippen molar-refractivity contribution in [2.75, 3.05) is 13.1 Å². The van der Waals surface area contributed by atoms with Gasteiger partial charge in [0.25, 0.3) is 0 Å². The molecule has 20 heavy (non-hydrogen) atoms. The standard InChI is InChI=1S/C17H17BrFN/c1-12-4-2-3-5-14(12)17(10-20-11-17)9-13-6-7-16(19)15(18)8-13/h2-8,20H,9-11H2,1H3. The number of hydrogen-bond acceptors (Lipinski definition) is 1. The molecule has 0 unspecified atom stereocenters. The van der Waals surface area contributed by atoms with E-state index in [1.165, 1.54) is 22.8 Å². The normalized spacial score (nSPS) is 16.8. The van der Waals surface area contributed by atoms with E-state index in [-0.39, 0.29) is 11.2 Å². The third kappa shape index (κ3) is 2.40. The molecule has 2 aromatic rings. The Bertz CT molecular complexity index is 635. The molecule has 1 nitrogen and oxygen atoms in total. The third-order valence-electron chi connectivity index (χ3n) is 4.17. The maximum Gasteiger partial charge on any atom is 0.137 e. The van der Waals surface area contributed by atoms with Gasteiger partial charge in [-0.2, -0.15) is 0 Å². The monoisotopic (exact) mass is 333 g/mol. The van der Waals surface area contributed by atoms with Gasteiger partial charge in [-0.1, -0.05) is 30.3 Å². The third-order valence-corrected chi connectivity index (χ3v) is 4.78. The lowest BCUT2D eigenvalue weighted by Gasteiger charge is -2.44. The molecular weight excluding hydrogens is 317 g/mol. The first kappa shape index (κ1) is 13.8. The van der Waals surface area contributed by atoms with Gasteiger partial charge in [-0.25, -0.2) is 4.39 Å². The van der Waals surface area contributed by atoms with Crippen LogP contribution in [0.1, 0.15) is 16.7 Å². The van der Waals surface area contributed by atoms with Crippen LogP contribution in [0.3, 0.4) is 0 Å². The number of benzene rings is 2. The minimum Gasteiger partial charge on any atom is -0.315 e. The van der Waals surface area contributed by atoms with Gasteiger partial charge in [-0.15, -0.1) is 0 Å². The fourth-order valence-electron chi connectivity index (χ4n) is 3.05. The summed E-state index contributed by atoms with van der Waals surface area (Å²) in [6, 6.07) is 13.9. The van der Waals surface area contributed by atoms with Crippen molar-refractivity contribution in [3.8, 4) is 0 Å². The van der Waals surface area contributed by atoms with Crippen LogP contribution in [0, 0.1) is 12.7 Å². The van der Waals surface area contributed by atoms with Gasteiger partial charge in [0.2, 0.25) is 0 Å². The van der Waals surface area contributed by atoms with Gasteiger partial charge < -0.3 is 5.32 Å². The zero-order valence-electron chi connectivity index (χ0n) is 11.4. The highest BCUT2D eigenvalue weighted by Gasteiger charge is 2.39. The second kappa shape index (κ2) is 5.30. The number of halogens is 2. The molecular formula is C17H17BrFN. The minimum atomic E-state index is -0.203. The summed E-state index contributed by atoms with van der Waals surface area (Å²) in [6.45, 7) is 4.12. The molecule has 1 fully saturated rings. The summed E-state index contributed by atoms with van der Waals surface area (Å²) in [6.07, 6.45) is 0.934. The van der Waals surface area contributed by atoms with E-state index in [9.17, 15) is 4.39 Å². The average Bonchev–Trinajstić information content (AvgIpc) is 2.39. The van der Waals surface area contributed by atoms with E-state index in [4.69, 9.17) is 0 Å². The second-order valence-corrected chi connectivity index (χ2v) is 6.48. The van der Waals surface area contributed by atoms with E-state index in [1.54, 1.807) is 0 Å². The fourth-order valence-corrected chi connectivity index (χ4v) is 3.47. The Balaban J connectivity index is 1.94. The van der Waals surface area contributed by atoms with Crippen LogP contribution in [0.2, 0.25) is 0 Å². The van der Waals surface area contributed by atoms with Gasteiger partial charge in [-0.3, -0.25) is 0 Å². The lowest BCUT2D eigenvalue weighted by atomic mass is 9.69. The summed E-state index contributed by atoms with van der Waals surface area (Å²) in [4.78, 5) is 0. The fraction of sp³-hybridized carbons (Fsp3) is 0.294. The predicted octanol–water partition coefficient (Wildman–Crippen LogP) is 3.98. The molecule has 0 amide bonds. The summed E-state index contributed by atoms with van der Waals surface area (Å²) in [5.41, 5.74) is 4.04. The van der Waals surface area contributed by atoms with Crippen LogP contribution in [0.5, 0.6) is 0 Å². The molecule has 0 bridgehead atoms. The lowest BCUT2D eigenvalue weighted by Crippen LogP contribution is -2.58. The van der Waals surface area contributed by atoms with Gasteiger partial charge in [0.1, 0.15) is 5.82 Å². The van der Waals surface area contributed by atoms with E-state index in [0.29, 0.717) is 4.47 Å². The Morgan fingerprint density at radius 3 is 2.55 bits per heavy atom. The van der Waals surface area contributed by atoms with Crippen molar-refractivity contribution in [3.63, 3.8) is 0 Å². The lowest BCUT2D eigenvalue weighted by molar-refractivity contribution is 0.273. The highest BCUT2D eigenvalue weighted by atomic mass is 79.9. The van der Waals surface area contributed by atoms with Crippen LogP contribution in [0.15, 0.2) is 46.9 Å². The van der Waals surface area contributed by atoms with Crippen molar-refractivity contribution in [1.29, 1.82) is 0 Å². The van der Waals surface area contributed by atoms with Crippen molar-refractivity contribution in [2.24, 2.45) is 0 Å². The molecule has 0 radical (unpaired) electrons. The summed E-state index contributed by atoms with van der Waals surface area (Å²) in [7, 11) is 0. The Hall–Kier alpha value is -1.19. The summed E-state index contributed by atoms with van der Waals surface area (Å²) >= 11 is 3.27. The zero-order valence-corrected chi connectivity index (χ0v) is 13.0. The maximum absolute atomic E-state index is 13.4. The van der Waals surface area contributed by atoms with Crippen molar-refractivity contribution in [1.82, 2.24) is 5.32 Å². The largest absolute Gasteiger partial charge is 0.315 e. The molecule has 0 aromatic heterocycles. The predicted molar refractivity (Wildman–Crippen MR) is 83.5 cm³/mol. The number of rotatable bonds is 3. The van der Waals surface area contributed by atoms with Crippen LogP contribution in [-0.2, 0) is 11.8 Å². The Labute approximate surface area is 127 Å². The van der Waals surface area contributed by atoms with Gasteiger partial charge in [-0.05, 0) is 58.1 Å². The van der Waals surface area contributed by atoms with Gasteiger partial charge >= 0.3 is 0 Å². The molecule has 1 heterocycles. The van der Waals surface area contributed by atoms with E-state index < -0.39 is 0 Å². The maximum atomic E-state index is 13.4. The molecule has 0 aliphatic carbocycles. The Kier molecular flexibility index (Phi) is 3.65. The molecule has 104 valence electrons. The SMILES string of the molecule is Cc1ccccc1C1(Cc2ccc(F)c(Br)c2)CNC1. The Morgan fingerprint density at radius 1 is 1.20 bits per heavy atom. The van der Waals surface area contributed by atoms with Crippen LogP contribution in [0.4, 0.5) is 4.39 Å². The van der Waals surface area contributed by atoms with E-state index in [0.717, 1.165) is 19.5 Å². The molecule has 2 aromatic carbocycles. The average molecular weight is 334 g/mol. The number of nitrogens with one attached hydrogen (secondary N) is 1. The number of hydrogen-bond donors (Lipinski definition) is 1. The quantitative estimate of drug-likeness (QED) is 0.895. The first-order chi connectivity index (χ1) is 9.61. The molecule has 3 rings (SSSR count). The van der Waals surface area contributed by atoms with Gasteiger partial charge in [0, 0.05) is 18.5 Å². The molecule has 0 saturated carbocycles. The summed E-state index contributed by atoms with van der Waals surface area (Å²) < 4.78 is 13.9. The van der Waals surface area contributed by atoms with Crippen molar-refractivity contribution in [3.05, 3.63) is 69.4 Å². The molecule has 0 spiro atoms. The highest BCUT2D eigenvalue weighted by molar-refractivity contribution is 9.10. The van der Waals surface area contributed by atoms with E-state index in [2.05, 4.69) is 52.4 Å². The van der Waals surface area contributed by atoms with E-state index in [1.807, 2.05) is 12.1 Å². The number of aryl methyl sites for hydroxylation is 1. The topological polar surface area (TPSA) is 12.0 Å². The van der Waals surface area contributed by atoms with Crippen LogP contribution in [-0.4, -0.2) is 13.1 Å². The Morgan fingerprint density at radius 2 is 1.95 bits per heavy atom. The summed E-state index contributed by atoms with van der Waals surface area (Å²) in [5.74, 6) is -0.203. The first-order valence-corrected chi connectivity index (χ1v) is 7.61. The smallest absolute Gasteiger partial charge is 0.137 e. The first-order valence-electron chi connectivity index (χ1n) is 6.81. The molecule has 1 N–H and O–H groups in total. The van der Waals surface area contributed by atoms with Crippen molar-refractivity contribution < 1.29 is 4.39 Å². The van der Waals surface area contributed by atoms with Crippen LogP contribution in [0.25, 0.3) is 0 Å². The summed E-state index contributed by atoms with van der Waals surface area (Å²) in [5, 5.41) is 3.39. The molecule has 1 aliphatic heterocycles. The van der Waals surface area contributed by atoms with Gasteiger partial charge in [0.15, 0.2) is 0 Å². The molecule has 1 aliphatic rings. The van der Waals surface area contributed by atoms with E-state index >= 15 is 0 Å².